The molecule has 0 aliphatic heterocycles. The van der Waals surface area contributed by atoms with Crippen molar-refractivity contribution in [2.45, 2.75) is 6.42 Å². The second kappa shape index (κ2) is 4.78. The van der Waals surface area contributed by atoms with Crippen molar-refractivity contribution in [3.05, 3.63) is 71.0 Å². The highest BCUT2D eigenvalue weighted by molar-refractivity contribution is 5.94. The molecule has 0 bridgehead atoms. The highest BCUT2D eigenvalue weighted by Crippen LogP contribution is 2.14. The molecule has 0 heterocycles. The van der Waals surface area contributed by atoms with Gasteiger partial charge in [0.15, 0.2) is 0 Å². The molecule has 0 saturated heterocycles. The third-order valence-electron chi connectivity index (χ3n) is 2.59. The summed E-state index contributed by atoms with van der Waals surface area (Å²) in [6, 6.07) is 13.4. The third-order valence-corrected chi connectivity index (χ3v) is 2.59. The summed E-state index contributed by atoms with van der Waals surface area (Å²) in [5, 5.41) is 0. The van der Waals surface area contributed by atoms with E-state index in [-0.39, 0.29) is 5.82 Å². The third kappa shape index (κ3) is 2.69. The summed E-state index contributed by atoms with van der Waals surface area (Å²) in [7, 11) is 0. The lowest BCUT2D eigenvalue weighted by molar-refractivity contribution is 0.0999. The number of carbonyl (C=O) groups is 1. The van der Waals surface area contributed by atoms with E-state index in [0.717, 1.165) is 11.1 Å². The van der Waals surface area contributed by atoms with Gasteiger partial charge in [-0.05, 0) is 35.7 Å². The van der Waals surface area contributed by atoms with E-state index < -0.39 is 5.91 Å². The van der Waals surface area contributed by atoms with Crippen LogP contribution < -0.4 is 5.73 Å². The first-order chi connectivity index (χ1) is 8.16. The van der Waals surface area contributed by atoms with Crippen LogP contribution in [-0.4, -0.2) is 5.91 Å². The lowest BCUT2D eigenvalue weighted by atomic mass is 9.99. The van der Waals surface area contributed by atoms with Crippen molar-refractivity contribution < 1.29 is 9.18 Å². The normalized spacial score (nSPS) is 10.2. The molecule has 0 saturated carbocycles. The van der Waals surface area contributed by atoms with Gasteiger partial charge in [0.05, 0.1) is 0 Å². The van der Waals surface area contributed by atoms with Crippen LogP contribution in [0.1, 0.15) is 21.5 Å². The summed E-state index contributed by atoms with van der Waals surface area (Å²) in [5.41, 5.74) is 7.60. The number of rotatable bonds is 3. The van der Waals surface area contributed by atoms with Crippen molar-refractivity contribution in [3.8, 4) is 0 Å². The van der Waals surface area contributed by atoms with Gasteiger partial charge in [-0.25, -0.2) is 4.39 Å². The van der Waals surface area contributed by atoms with Crippen molar-refractivity contribution >= 4 is 5.91 Å². The number of halogens is 1. The van der Waals surface area contributed by atoms with E-state index in [0.29, 0.717) is 12.0 Å². The molecule has 2 aromatic carbocycles. The molecular formula is C14H12FNO. The molecule has 2 aromatic rings. The molecule has 1 amide bonds. The minimum atomic E-state index is -0.442. The molecule has 0 atom stereocenters. The van der Waals surface area contributed by atoms with Crippen LogP contribution >= 0.6 is 0 Å². The summed E-state index contributed by atoms with van der Waals surface area (Å²) in [5.74, 6) is -0.709. The Labute approximate surface area is 98.9 Å². The molecule has 0 unspecified atom stereocenters. The first-order valence-corrected chi connectivity index (χ1v) is 5.29. The fraction of sp³-hybridized carbons (Fsp3) is 0.0714. The topological polar surface area (TPSA) is 43.1 Å². The van der Waals surface area contributed by atoms with Crippen LogP contribution in [0.5, 0.6) is 0 Å². The lowest BCUT2D eigenvalue weighted by Gasteiger charge is -2.06. The summed E-state index contributed by atoms with van der Waals surface area (Å²) in [6.45, 7) is 0. The highest BCUT2D eigenvalue weighted by Gasteiger charge is 2.07. The van der Waals surface area contributed by atoms with Crippen molar-refractivity contribution in [1.82, 2.24) is 0 Å². The van der Waals surface area contributed by atoms with E-state index in [1.807, 2.05) is 12.1 Å². The predicted octanol–water partition coefficient (Wildman–Crippen LogP) is 2.52. The van der Waals surface area contributed by atoms with Gasteiger partial charge >= 0.3 is 0 Å². The standard InChI is InChI=1S/C14H12FNO/c15-12-7-5-10(6-8-12)9-11-3-1-2-4-13(11)14(16)17/h1-8H,9H2,(H2,16,17). The van der Waals surface area contributed by atoms with E-state index in [9.17, 15) is 9.18 Å². The number of primary amides is 1. The van der Waals surface area contributed by atoms with Gasteiger partial charge in [0.1, 0.15) is 5.82 Å². The van der Waals surface area contributed by atoms with Gasteiger partial charge in [-0.2, -0.15) is 0 Å². The second-order valence-electron chi connectivity index (χ2n) is 3.82. The van der Waals surface area contributed by atoms with Crippen molar-refractivity contribution in [1.29, 1.82) is 0 Å². The molecule has 2 rings (SSSR count). The van der Waals surface area contributed by atoms with Crippen molar-refractivity contribution in [3.63, 3.8) is 0 Å². The fourth-order valence-corrected chi connectivity index (χ4v) is 1.74. The second-order valence-corrected chi connectivity index (χ2v) is 3.82. The van der Waals surface area contributed by atoms with Gasteiger partial charge < -0.3 is 5.73 Å². The summed E-state index contributed by atoms with van der Waals surface area (Å²) < 4.78 is 12.8. The van der Waals surface area contributed by atoms with Crippen LogP contribution in [0.15, 0.2) is 48.5 Å². The zero-order valence-corrected chi connectivity index (χ0v) is 9.19. The van der Waals surface area contributed by atoms with Gasteiger partial charge in [0.25, 0.3) is 0 Å². The average molecular weight is 229 g/mol. The molecule has 2 N–H and O–H groups in total. The Bertz CT molecular complexity index is 534. The van der Waals surface area contributed by atoms with Gasteiger partial charge in [0, 0.05) is 5.56 Å². The van der Waals surface area contributed by atoms with Gasteiger partial charge in [0.2, 0.25) is 5.91 Å². The number of hydrogen-bond acceptors (Lipinski definition) is 1. The number of amides is 1. The molecular weight excluding hydrogens is 217 g/mol. The molecule has 0 aliphatic rings. The lowest BCUT2D eigenvalue weighted by Crippen LogP contribution is -2.13. The van der Waals surface area contributed by atoms with Crippen molar-refractivity contribution in [2.24, 2.45) is 5.73 Å². The number of benzene rings is 2. The molecule has 3 heteroatoms. The molecule has 0 fully saturated rings. The Balaban J connectivity index is 2.30. The fourth-order valence-electron chi connectivity index (χ4n) is 1.74. The minimum absolute atomic E-state index is 0.267. The SMILES string of the molecule is NC(=O)c1ccccc1Cc1ccc(F)cc1. The Hall–Kier alpha value is -2.16. The Morgan fingerprint density at radius 3 is 2.35 bits per heavy atom. The van der Waals surface area contributed by atoms with Crippen LogP contribution in [0.3, 0.4) is 0 Å². The molecule has 0 spiro atoms. The molecule has 0 aromatic heterocycles. The Kier molecular flexibility index (Phi) is 3.19. The molecule has 17 heavy (non-hydrogen) atoms. The van der Waals surface area contributed by atoms with Gasteiger partial charge in [-0.1, -0.05) is 30.3 Å². The summed E-state index contributed by atoms with van der Waals surface area (Å²) in [4.78, 5) is 11.2. The Morgan fingerprint density at radius 1 is 1.06 bits per heavy atom. The van der Waals surface area contributed by atoms with E-state index in [1.165, 1.54) is 12.1 Å². The Morgan fingerprint density at radius 2 is 1.71 bits per heavy atom. The van der Waals surface area contributed by atoms with Crippen LogP contribution in [0.25, 0.3) is 0 Å². The molecule has 0 radical (unpaired) electrons. The average Bonchev–Trinajstić information content (AvgIpc) is 2.32. The number of carbonyl (C=O) groups excluding carboxylic acids is 1. The van der Waals surface area contributed by atoms with Crippen LogP contribution in [-0.2, 0) is 6.42 Å². The maximum atomic E-state index is 12.8. The zero-order chi connectivity index (χ0) is 12.3. The van der Waals surface area contributed by atoms with E-state index in [4.69, 9.17) is 5.73 Å². The summed E-state index contributed by atoms with van der Waals surface area (Å²) >= 11 is 0. The maximum Gasteiger partial charge on any atom is 0.248 e. The quantitative estimate of drug-likeness (QED) is 0.863. The predicted molar refractivity (Wildman–Crippen MR) is 64.2 cm³/mol. The smallest absolute Gasteiger partial charge is 0.248 e. The number of hydrogen-bond donors (Lipinski definition) is 1. The largest absolute Gasteiger partial charge is 0.366 e. The van der Waals surface area contributed by atoms with Crippen LogP contribution in [0.4, 0.5) is 4.39 Å². The summed E-state index contributed by atoms with van der Waals surface area (Å²) in [6.07, 6.45) is 0.569. The molecule has 86 valence electrons. The first kappa shape index (κ1) is 11.3. The van der Waals surface area contributed by atoms with E-state index >= 15 is 0 Å². The van der Waals surface area contributed by atoms with E-state index in [2.05, 4.69) is 0 Å². The van der Waals surface area contributed by atoms with Crippen molar-refractivity contribution in [2.75, 3.05) is 0 Å². The highest BCUT2D eigenvalue weighted by atomic mass is 19.1. The van der Waals surface area contributed by atoms with Gasteiger partial charge in [-0.15, -0.1) is 0 Å². The van der Waals surface area contributed by atoms with E-state index in [1.54, 1.807) is 24.3 Å². The minimum Gasteiger partial charge on any atom is -0.366 e. The van der Waals surface area contributed by atoms with Crippen LogP contribution in [0.2, 0.25) is 0 Å². The number of nitrogens with two attached hydrogens (primary N) is 1. The zero-order valence-electron chi connectivity index (χ0n) is 9.19. The molecule has 0 aliphatic carbocycles. The maximum absolute atomic E-state index is 12.8. The molecule has 2 nitrogen and oxygen atoms in total. The van der Waals surface area contributed by atoms with Crippen LogP contribution in [0, 0.1) is 5.82 Å². The monoisotopic (exact) mass is 229 g/mol. The van der Waals surface area contributed by atoms with Gasteiger partial charge in [-0.3, -0.25) is 4.79 Å². The first-order valence-electron chi connectivity index (χ1n) is 5.29.